The van der Waals surface area contributed by atoms with Gasteiger partial charge in [0.15, 0.2) is 5.76 Å². The monoisotopic (exact) mass is 431 g/mol. The summed E-state index contributed by atoms with van der Waals surface area (Å²) in [5, 5.41) is 18.1. The third-order valence-corrected chi connectivity index (χ3v) is 3.92. The predicted molar refractivity (Wildman–Crippen MR) is 106 cm³/mol. The summed E-state index contributed by atoms with van der Waals surface area (Å²) in [4.78, 5) is 12.6. The van der Waals surface area contributed by atoms with E-state index in [9.17, 15) is 18.0 Å². The van der Waals surface area contributed by atoms with E-state index in [1.165, 1.54) is 42.7 Å². The largest absolute Gasteiger partial charge is 0.487 e. The Morgan fingerprint density at radius 1 is 1.06 bits per heavy atom. The van der Waals surface area contributed by atoms with Crippen LogP contribution in [0, 0.1) is 16.6 Å². The molecule has 0 radical (unpaired) electrons. The summed E-state index contributed by atoms with van der Waals surface area (Å²) < 4.78 is 54.1. The van der Waals surface area contributed by atoms with Crippen LogP contribution in [0.2, 0.25) is 0 Å². The fraction of sp³-hybridized carbons (Fsp3) is 0.0952. The second kappa shape index (κ2) is 9.61. The van der Waals surface area contributed by atoms with Crippen LogP contribution in [0.1, 0.15) is 21.7 Å². The quantitative estimate of drug-likeness (QED) is 0.373. The number of alkyl halides is 2. The van der Waals surface area contributed by atoms with Crippen molar-refractivity contribution in [2.75, 3.05) is 11.9 Å². The third kappa shape index (κ3) is 5.50. The minimum Gasteiger partial charge on any atom is -0.487 e. The average Bonchev–Trinajstić information content (AvgIpc) is 3.29. The molecule has 3 rings (SSSR count). The minimum atomic E-state index is -2.73. The summed E-state index contributed by atoms with van der Waals surface area (Å²) in [5.41, 5.74) is -0.266. The second-order valence-corrected chi connectivity index (χ2v) is 6.08. The van der Waals surface area contributed by atoms with Crippen LogP contribution in [0.15, 0.2) is 65.3 Å². The van der Waals surface area contributed by atoms with Crippen LogP contribution in [0.3, 0.4) is 0 Å². The van der Waals surface area contributed by atoms with Crippen molar-refractivity contribution < 1.29 is 31.9 Å². The molecule has 3 N–H and O–H groups in total. The molecule has 1 amide bonds. The predicted octanol–water partition coefficient (Wildman–Crippen LogP) is 4.68. The molecule has 0 unspecified atom stereocenters. The van der Waals surface area contributed by atoms with E-state index in [0.29, 0.717) is 0 Å². The van der Waals surface area contributed by atoms with E-state index >= 15 is 0 Å². The van der Waals surface area contributed by atoms with Crippen molar-refractivity contribution in [1.29, 1.82) is 10.8 Å². The van der Waals surface area contributed by atoms with E-state index in [2.05, 4.69) is 5.32 Å². The van der Waals surface area contributed by atoms with E-state index in [-0.39, 0.29) is 28.3 Å². The number of carbonyl (C=O) groups is 1. The maximum absolute atomic E-state index is 14.2. The number of rotatable bonds is 7. The lowest BCUT2D eigenvalue weighted by Crippen LogP contribution is -2.17. The molecule has 1 heterocycles. The number of furan rings is 1. The molecule has 0 saturated carbocycles. The van der Waals surface area contributed by atoms with Gasteiger partial charge in [0.05, 0.1) is 17.5 Å². The zero-order valence-corrected chi connectivity index (χ0v) is 15.8. The smallest absolute Gasteiger partial charge is 0.272 e. The summed E-state index contributed by atoms with van der Waals surface area (Å²) in [6.07, 6.45) is -1.39. The van der Waals surface area contributed by atoms with Crippen LogP contribution in [0.5, 0.6) is 5.75 Å². The topological polar surface area (TPSA) is 108 Å². The first kappa shape index (κ1) is 21.6. The fourth-order valence-corrected chi connectivity index (χ4v) is 2.50. The zero-order chi connectivity index (χ0) is 22.4. The number of amides is 1. The van der Waals surface area contributed by atoms with Crippen molar-refractivity contribution in [3.8, 4) is 5.75 Å². The molecular formula is C21H16F3N3O4. The van der Waals surface area contributed by atoms with Gasteiger partial charge in [0.2, 0.25) is 5.90 Å². The van der Waals surface area contributed by atoms with Crippen LogP contribution >= 0.6 is 0 Å². The van der Waals surface area contributed by atoms with Gasteiger partial charge in [-0.25, -0.2) is 13.2 Å². The Bertz CT molecular complexity index is 1100. The van der Waals surface area contributed by atoms with Crippen molar-refractivity contribution in [3.05, 3.63) is 83.6 Å². The standard InChI is InChI=1S/C21H16F3N3O4/c22-14-8-7-12(19(25)31-20(26)17-6-3-9-29-17)10-15(14)27-21(28)13-4-1-2-5-16(13)30-11-18(23)24/h1-10,18,25-26H,11H2,(H,27,28). The van der Waals surface area contributed by atoms with Crippen LogP contribution < -0.4 is 10.1 Å². The Labute approximate surface area is 174 Å². The van der Waals surface area contributed by atoms with Gasteiger partial charge < -0.3 is 19.2 Å². The number of nitrogens with one attached hydrogen (secondary N) is 3. The molecule has 2 aromatic carbocycles. The number of carbonyl (C=O) groups excluding carboxylic acids is 1. The molecule has 160 valence electrons. The Morgan fingerprint density at radius 2 is 1.84 bits per heavy atom. The Balaban J connectivity index is 1.76. The van der Waals surface area contributed by atoms with Crippen molar-refractivity contribution in [1.82, 2.24) is 0 Å². The molecule has 0 aliphatic rings. The summed E-state index contributed by atoms with van der Waals surface area (Å²) >= 11 is 0. The van der Waals surface area contributed by atoms with E-state index in [1.54, 1.807) is 6.07 Å². The number of para-hydroxylation sites is 1. The molecule has 31 heavy (non-hydrogen) atoms. The maximum atomic E-state index is 14.2. The van der Waals surface area contributed by atoms with Crippen LogP contribution in [-0.2, 0) is 4.74 Å². The molecule has 0 fully saturated rings. The molecule has 0 bridgehead atoms. The van der Waals surface area contributed by atoms with Gasteiger partial charge in [0.25, 0.3) is 18.2 Å². The molecule has 0 aliphatic carbocycles. The summed E-state index contributed by atoms with van der Waals surface area (Å²) in [6, 6.07) is 12.1. The lowest BCUT2D eigenvalue weighted by Gasteiger charge is -2.13. The Hall–Kier alpha value is -4.08. The SMILES string of the molecule is N=C(OC(=N)c1ccco1)c1ccc(F)c(NC(=O)c2ccccc2OCC(F)F)c1. The van der Waals surface area contributed by atoms with E-state index < -0.39 is 36.6 Å². The van der Waals surface area contributed by atoms with Gasteiger partial charge in [0, 0.05) is 5.56 Å². The Morgan fingerprint density at radius 3 is 2.55 bits per heavy atom. The number of hydrogen-bond donors (Lipinski definition) is 3. The van der Waals surface area contributed by atoms with Gasteiger partial charge in [-0.1, -0.05) is 12.1 Å². The van der Waals surface area contributed by atoms with Gasteiger partial charge in [-0.15, -0.1) is 0 Å². The average molecular weight is 431 g/mol. The zero-order valence-electron chi connectivity index (χ0n) is 15.8. The number of hydrogen-bond acceptors (Lipinski definition) is 6. The molecule has 0 aliphatic heterocycles. The third-order valence-electron chi connectivity index (χ3n) is 3.92. The number of ether oxygens (including phenoxy) is 2. The normalized spacial score (nSPS) is 10.6. The highest BCUT2D eigenvalue weighted by Crippen LogP contribution is 2.23. The van der Waals surface area contributed by atoms with E-state index in [0.717, 1.165) is 12.1 Å². The lowest BCUT2D eigenvalue weighted by molar-refractivity contribution is 0.0803. The number of halogens is 3. The lowest BCUT2D eigenvalue weighted by atomic mass is 10.1. The van der Waals surface area contributed by atoms with Crippen molar-refractivity contribution in [3.63, 3.8) is 0 Å². The molecule has 0 spiro atoms. The van der Waals surface area contributed by atoms with Crippen LogP contribution in [0.4, 0.5) is 18.9 Å². The van der Waals surface area contributed by atoms with Gasteiger partial charge >= 0.3 is 0 Å². The van der Waals surface area contributed by atoms with Crippen LogP contribution in [-0.4, -0.2) is 30.7 Å². The summed E-state index contributed by atoms with van der Waals surface area (Å²) in [5.74, 6) is -2.47. The molecule has 10 heteroatoms. The van der Waals surface area contributed by atoms with Crippen LogP contribution in [0.25, 0.3) is 0 Å². The highest BCUT2D eigenvalue weighted by Gasteiger charge is 2.18. The molecule has 0 atom stereocenters. The van der Waals surface area contributed by atoms with Crippen molar-refractivity contribution >= 4 is 23.4 Å². The number of benzene rings is 2. The molecule has 1 aromatic heterocycles. The maximum Gasteiger partial charge on any atom is 0.272 e. The molecule has 7 nitrogen and oxygen atoms in total. The van der Waals surface area contributed by atoms with Gasteiger partial charge in [0.1, 0.15) is 18.2 Å². The van der Waals surface area contributed by atoms with Crippen molar-refractivity contribution in [2.24, 2.45) is 0 Å². The van der Waals surface area contributed by atoms with E-state index in [1.807, 2.05) is 0 Å². The highest BCUT2D eigenvalue weighted by molar-refractivity contribution is 6.07. The highest BCUT2D eigenvalue weighted by atomic mass is 19.3. The van der Waals surface area contributed by atoms with Gasteiger partial charge in [-0.05, 0) is 42.5 Å². The Kier molecular flexibility index (Phi) is 6.71. The van der Waals surface area contributed by atoms with Crippen molar-refractivity contribution in [2.45, 2.75) is 6.43 Å². The molecular weight excluding hydrogens is 415 g/mol. The second-order valence-electron chi connectivity index (χ2n) is 6.08. The van der Waals surface area contributed by atoms with Gasteiger partial charge in [-0.2, -0.15) is 0 Å². The first-order chi connectivity index (χ1) is 14.8. The molecule has 0 saturated heterocycles. The minimum absolute atomic E-state index is 0.0705. The first-order valence-corrected chi connectivity index (χ1v) is 8.85. The number of anilines is 1. The summed E-state index contributed by atoms with van der Waals surface area (Å²) in [6.45, 7) is -0.899. The van der Waals surface area contributed by atoms with E-state index in [4.69, 9.17) is 24.7 Å². The van der Waals surface area contributed by atoms with Gasteiger partial charge in [-0.3, -0.25) is 15.6 Å². The first-order valence-electron chi connectivity index (χ1n) is 8.85. The summed E-state index contributed by atoms with van der Waals surface area (Å²) in [7, 11) is 0. The molecule has 3 aromatic rings. The fourth-order valence-electron chi connectivity index (χ4n) is 2.50.